The Morgan fingerprint density at radius 3 is 1.01 bits per heavy atom. The van der Waals surface area contributed by atoms with Gasteiger partial charge in [-0.05, 0) is 125 Å². The van der Waals surface area contributed by atoms with Gasteiger partial charge in [0.2, 0.25) is 0 Å². The van der Waals surface area contributed by atoms with Crippen LogP contribution in [0.3, 0.4) is 0 Å². The van der Waals surface area contributed by atoms with Crippen molar-refractivity contribution in [3.8, 4) is 33.4 Å². The summed E-state index contributed by atoms with van der Waals surface area (Å²) in [6.07, 6.45) is 8.74. The monoisotopic (exact) mass is 881 g/mol. The van der Waals surface area contributed by atoms with Crippen molar-refractivity contribution in [3.63, 3.8) is 0 Å². The fraction of sp³-hybridized carbons (Fsp3) is 0.387. The molecule has 0 unspecified atom stereocenters. The van der Waals surface area contributed by atoms with E-state index in [4.69, 9.17) is 9.97 Å². The van der Waals surface area contributed by atoms with Gasteiger partial charge in [-0.3, -0.25) is 4.98 Å². The Morgan fingerprint density at radius 1 is 0.358 bits per heavy atom. The molecule has 5 heterocycles. The van der Waals surface area contributed by atoms with Gasteiger partial charge in [-0.15, -0.1) is 6.07 Å². The minimum Gasteiger partial charge on any atom is -0.427 e. The van der Waals surface area contributed by atoms with E-state index in [1.807, 2.05) is 0 Å². The summed E-state index contributed by atoms with van der Waals surface area (Å²) in [5.41, 5.74) is 21.4. The van der Waals surface area contributed by atoms with E-state index >= 15 is 0 Å². The van der Waals surface area contributed by atoms with Crippen molar-refractivity contribution in [1.82, 2.24) is 19.9 Å². The Kier molecular flexibility index (Phi) is 12.7. The predicted molar refractivity (Wildman–Crippen MR) is 286 cm³/mol. The minimum absolute atomic E-state index is 0. The SMILES string of the molecule is CC(C)(C)c1cc(-c2c3nc(c(-c4cc(C(C)(C)C)cc(C(C)(C)C)c4)c4ccc([nH]4)c(-c4cc(C(C)(C)C)cc(C(C)(C)C)c4)c4nc(cc5[c-]cc2[nH]5)C=C4)C=C3)cc(C(C)(C)C)c1.[Li+]. The van der Waals surface area contributed by atoms with E-state index in [2.05, 4.69) is 244 Å². The first-order valence-electron chi connectivity index (χ1n) is 24.0. The smallest absolute Gasteiger partial charge is 0.427 e. The standard InChI is InChI=1S/C62H73N4.Li/c1-57(2,3)40-27-37(28-41(33-40)58(4,5)6)54-48-21-19-46(63-48)36-47-20-22-49(64-47)55(38-29-42(59(7,8)9)34-43(30-38)60(10,11)12)51-24-26-53(66-51)56(52-25-23-50(54)65-52)39-31-44(61(13,14)15)35-45(32-39)62(16,17)18;/h19,21-36,64-65H,1-18H3;/q-1;+1. The molecular formula is C62H73LiN4. The van der Waals surface area contributed by atoms with Crippen LogP contribution in [0.2, 0.25) is 0 Å². The Labute approximate surface area is 414 Å². The second-order valence-corrected chi connectivity index (χ2v) is 25.2. The third kappa shape index (κ3) is 10.3. The summed E-state index contributed by atoms with van der Waals surface area (Å²) in [6.45, 7) is 41.5. The van der Waals surface area contributed by atoms with Crippen LogP contribution in [0.15, 0.2) is 78.9 Å². The molecular weight excluding hydrogens is 808 g/mol. The van der Waals surface area contributed by atoms with E-state index < -0.39 is 0 Å². The first kappa shape index (κ1) is 49.8. The Bertz CT molecular complexity index is 2950. The molecule has 0 radical (unpaired) electrons. The maximum Gasteiger partial charge on any atom is 1.00 e. The number of nitrogens with one attached hydrogen (secondary N) is 2. The van der Waals surface area contributed by atoms with Gasteiger partial charge in [0, 0.05) is 27.9 Å². The molecule has 2 aliphatic rings. The number of benzene rings is 3. The van der Waals surface area contributed by atoms with Gasteiger partial charge in [-0.25, -0.2) is 4.98 Å². The van der Waals surface area contributed by atoms with E-state index in [9.17, 15) is 0 Å². The van der Waals surface area contributed by atoms with Crippen LogP contribution in [0.4, 0.5) is 0 Å². The molecule has 3 aromatic heterocycles. The molecule has 0 atom stereocenters. The molecule has 0 saturated carbocycles. The van der Waals surface area contributed by atoms with E-state index in [1.165, 1.54) is 33.4 Å². The normalized spacial score (nSPS) is 13.6. The van der Waals surface area contributed by atoms with Crippen LogP contribution in [0.5, 0.6) is 0 Å². The van der Waals surface area contributed by atoms with Crippen molar-refractivity contribution in [2.75, 3.05) is 0 Å². The fourth-order valence-corrected chi connectivity index (χ4v) is 8.89. The summed E-state index contributed by atoms with van der Waals surface area (Å²) in [5, 5.41) is 0. The van der Waals surface area contributed by atoms with Crippen molar-refractivity contribution in [2.24, 2.45) is 0 Å². The molecule has 3 aromatic carbocycles. The van der Waals surface area contributed by atoms with Gasteiger partial charge in [-0.2, -0.15) is 12.1 Å². The van der Waals surface area contributed by atoms with Crippen molar-refractivity contribution < 1.29 is 18.9 Å². The molecule has 2 N–H and O–H groups in total. The molecule has 5 heteroatoms. The molecule has 67 heavy (non-hydrogen) atoms. The number of H-pyrrole nitrogens is 2. The summed E-state index contributed by atoms with van der Waals surface area (Å²) < 4.78 is 0. The van der Waals surface area contributed by atoms with Crippen LogP contribution < -0.4 is 18.9 Å². The number of aromatic amines is 2. The van der Waals surface area contributed by atoms with Crippen molar-refractivity contribution in [1.29, 1.82) is 0 Å². The topological polar surface area (TPSA) is 57.4 Å². The quantitative estimate of drug-likeness (QED) is 0.137. The maximum absolute atomic E-state index is 5.70. The van der Waals surface area contributed by atoms with Crippen LogP contribution >= 0.6 is 0 Å². The molecule has 4 nitrogen and oxygen atoms in total. The maximum atomic E-state index is 5.70. The average molecular weight is 881 g/mol. The van der Waals surface area contributed by atoms with Gasteiger partial charge < -0.3 is 9.97 Å². The van der Waals surface area contributed by atoms with Gasteiger partial charge in [0.05, 0.1) is 17.1 Å². The van der Waals surface area contributed by atoms with E-state index in [0.717, 1.165) is 78.2 Å². The molecule has 8 bridgehead atoms. The molecule has 0 aliphatic carbocycles. The molecule has 0 spiro atoms. The van der Waals surface area contributed by atoms with Gasteiger partial charge in [-0.1, -0.05) is 190 Å². The number of hydrogen-bond donors (Lipinski definition) is 2. The zero-order valence-electron chi connectivity index (χ0n) is 44.2. The molecule has 6 aromatic rings. The average Bonchev–Trinajstić information content (AvgIpc) is 4.03. The van der Waals surface area contributed by atoms with Crippen LogP contribution in [-0.4, -0.2) is 19.9 Å². The zero-order chi connectivity index (χ0) is 48.1. The number of fused-ring (bicyclic) bond motifs is 8. The second-order valence-electron chi connectivity index (χ2n) is 25.2. The summed E-state index contributed by atoms with van der Waals surface area (Å²) in [4.78, 5) is 18.9. The molecule has 2 aliphatic heterocycles. The molecule has 0 amide bonds. The molecule has 0 saturated heterocycles. The Balaban J connectivity index is 0.00000666. The van der Waals surface area contributed by atoms with Gasteiger partial charge in [0.25, 0.3) is 0 Å². The number of rotatable bonds is 3. The van der Waals surface area contributed by atoms with E-state index in [0.29, 0.717) is 0 Å². The Morgan fingerprint density at radius 2 is 0.672 bits per heavy atom. The van der Waals surface area contributed by atoms with Gasteiger partial charge in [0.1, 0.15) is 0 Å². The number of aromatic nitrogens is 4. The largest absolute Gasteiger partial charge is 1.00 e. The molecule has 342 valence electrons. The minimum atomic E-state index is -0.0754. The predicted octanol–water partition coefficient (Wildman–Crippen LogP) is 14.2. The Hall–Kier alpha value is -5.14. The number of hydrogen-bond acceptors (Lipinski definition) is 2. The second kappa shape index (κ2) is 17.1. The van der Waals surface area contributed by atoms with Crippen LogP contribution in [0.25, 0.3) is 79.8 Å². The van der Waals surface area contributed by atoms with Crippen molar-refractivity contribution >= 4 is 46.4 Å². The zero-order valence-corrected chi connectivity index (χ0v) is 44.2. The van der Waals surface area contributed by atoms with Crippen LogP contribution in [0, 0.1) is 6.07 Å². The molecule has 8 rings (SSSR count). The van der Waals surface area contributed by atoms with Crippen LogP contribution in [-0.2, 0) is 32.5 Å². The summed E-state index contributed by atoms with van der Waals surface area (Å²) in [6, 6.07) is 33.8. The third-order valence-electron chi connectivity index (χ3n) is 13.4. The van der Waals surface area contributed by atoms with Crippen LogP contribution in [0.1, 0.15) is 181 Å². The third-order valence-corrected chi connectivity index (χ3v) is 13.4. The van der Waals surface area contributed by atoms with Crippen molar-refractivity contribution in [2.45, 2.75) is 157 Å². The first-order valence-corrected chi connectivity index (χ1v) is 24.0. The summed E-state index contributed by atoms with van der Waals surface area (Å²) in [7, 11) is 0. The summed E-state index contributed by atoms with van der Waals surface area (Å²) >= 11 is 0. The van der Waals surface area contributed by atoms with E-state index in [1.54, 1.807) is 0 Å². The summed E-state index contributed by atoms with van der Waals surface area (Å²) in [5.74, 6) is 0. The van der Waals surface area contributed by atoms with E-state index in [-0.39, 0.29) is 51.4 Å². The fourth-order valence-electron chi connectivity index (χ4n) is 8.89. The van der Waals surface area contributed by atoms with Gasteiger partial charge in [0.15, 0.2) is 0 Å². The van der Waals surface area contributed by atoms with Gasteiger partial charge >= 0.3 is 18.9 Å². The first-order chi connectivity index (χ1) is 30.4. The molecule has 0 fully saturated rings. The van der Waals surface area contributed by atoms with Crippen molar-refractivity contribution in [3.05, 3.63) is 141 Å². The number of nitrogens with zero attached hydrogens (tertiary/aromatic N) is 2.